The van der Waals surface area contributed by atoms with Crippen LogP contribution >= 0.6 is 0 Å². The first-order valence-corrected chi connectivity index (χ1v) is 13.3. The van der Waals surface area contributed by atoms with Crippen LogP contribution in [0.1, 0.15) is 12.5 Å². The van der Waals surface area contributed by atoms with Gasteiger partial charge in [-0.2, -0.15) is 5.10 Å². The quantitative estimate of drug-likeness (QED) is 0.327. The van der Waals surface area contributed by atoms with Crippen LogP contribution in [0, 0.1) is 0 Å². The van der Waals surface area contributed by atoms with Gasteiger partial charge >= 0.3 is 0 Å². The van der Waals surface area contributed by atoms with E-state index in [1.54, 1.807) is 0 Å². The fraction of sp³-hybridized carbons (Fsp3) is 0.300. The zero-order valence-corrected chi connectivity index (χ0v) is 21.7. The number of fused-ring (bicyclic) bond motifs is 1. The molecule has 0 amide bonds. The van der Waals surface area contributed by atoms with Crippen LogP contribution in [0.4, 0.5) is 5.82 Å². The monoisotopic (exact) mass is 507 g/mol. The zero-order chi connectivity index (χ0) is 25.9. The highest BCUT2D eigenvalue weighted by molar-refractivity contribution is 5.95. The van der Waals surface area contributed by atoms with E-state index in [0.29, 0.717) is 0 Å². The second-order valence-corrected chi connectivity index (χ2v) is 10.1. The number of anilines is 1. The van der Waals surface area contributed by atoms with Crippen molar-refractivity contribution in [2.75, 3.05) is 37.6 Å². The molecule has 8 nitrogen and oxygen atoms in total. The Morgan fingerprint density at radius 1 is 0.921 bits per heavy atom. The average Bonchev–Trinajstić information content (AvgIpc) is 3.59. The molecule has 1 aliphatic heterocycles. The highest BCUT2D eigenvalue weighted by Crippen LogP contribution is 2.31. The molecule has 194 valence electrons. The molecule has 1 fully saturated rings. The number of rotatable bonds is 8. The zero-order valence-electron chi connectivity index (χ0n) is 21.7. The van der Waals surface area contributed by atoms with Crippen LogP contribution in [0.5, 0.6) is 0 Å². The summed E-state index contributed by atoms with van der Waals surface area (Å²) < 4.78 is 2.01. The number of nitrogens with one attached hydrogen (secondary N) is 1. The number of piperazine rings is 1. The smallest absolute Gasteiger partial charge is 0.137 e. The largest absolute Gasteiger partial charge is 0.392 e. The van der Waals surface area contributed by atoms with E-state index in [2.05, 4.69) is 73.5 Å². The molecule has 0 aliphatic carbocycles. The van der Waals surface area contributed by atoms with E-state index in [1.165, 1.54) is 5.56 Å². The van der Waals surface area contributed by atoms with Crippen molar-refractivity contribution in [3.05, 3.63) is 85.1 Å². The van der Waals surface area contributed by atoms with Gasteiger partial charge in [0, 0.05) is 91.7 Å². The average molecular weight is 508 g/mol. The highest BCUT2D eigenvalue weighted by Gasteiger charge is 2.19. The molecule has 2 N–H and O–H groups in total. The molecule has 0 spiro atoms. The van der Waals surface area contributed by atoms with Gasteiger partial charge in [0.2, 0.25) is 0 Å². The molecule has 6 rings (SSSR count). The number of β-amino-alcohol motifs (C(OH)–C–C–N with tert-alkyl or cyclic N) is 1. The van der Waals surface area contributed by atoms with Gasteiger partial charge in [-0.15, -0.1) is 0 Å². The molecule has 0 radical (unpaired) electrons. The number of aryl methyl sites for hydroxylation is 2. The topological polar surface area (TPSA) is 86.1 Å². The SMILES string of the molecule is C[C@H](O)CN1CCN(c2ccc(-c3cnc4[nH]cc(-c5cnn(CCc6ccccc6)c5)c4c3)cn2)CC1. The highest BCUT2D eigenvalue weighted by atomic mass is 16.3. The van der Waals surface area contributed by atoms with Crippen LogP contribution in [0.15, 0.2) is 79.5 Å². The first-order valence-electron chi connectivity index (χ1n) is 13.3. The Balaban J connectivity index is 1.16. The number of aromatic nitrogens is 5. The fourth-order valence-electron chi connectivity index (χ4n) is 5.19. The number of aliphatic hydroxyl groups is 1. The Morgan fingerprint density at radius 2 is 1.74 bits per heavy atom. The van der Waals surface area contributed by atoms with Crippen LogP contribution in [-0.2, 0) is 13.0 Å². The van der Waals surface area contributed by atoms with Crippen LogP contribution in [-0.4, -0.2) is 73.6 Å². The van der Waals surface area contributed by atoms with Gasteiger partial charge in [-0.1, -0.05) is 30.3 Å². The third kappa shape index (κ3) is 5.32. The van der Waals surface area contributed by atoms with E-state index in [-0.39, 0.29) is 6.10 Å². The van der Waals surface area contributed by atoms with Gasteiger partial charge in [0.15, 0.2) is 0 Å². The summed E-state index contributed by atoms with van der Waals surface area (Å²) in [4.78, 5) is 17.4. The van der Waals surface area contributed by atoms with Crippen LogP contribution in [0.2, 0.25) is 0 Å². The molecular formula is C30H33N7O. The van der Waals surface area contributed by atoms with Gasteiger partial charge in [-0.3, -0.25) is 9.58 Å². The first-order chi connectivity index (χ1) is 18.6. The van der Waals surface area contributed by atoms with Gasteiger partial charge in [-0.05, 0) is 37.1 Å². The van der Waals surface area contributed by atoms with Crippen molar-refractivity contribution in [2.45, 2.75) is 26.0 Å². The molecule has 1 saturated heterocycles. The number of hydrogen-bond acceptors (Lipinski definition) is 6. The lowest BCUT2D eigenvalue weighted by atomic mass is 10.1. The molecule has 5 heterocycles. The van der Waals surface area contributed by atoms with Crippen molar-refractivity contribution in [3.8, 4) is 22.3 Å². The number of aromatic amines is 1. The maximum absolute atomic E-state index is 9.64. The molecule has 1 atom stereocenters. The van der Waals surface area contributed by atoms with Crippen LogP contribution < -0.4 is 4.90 Å². The number of hydrogen-bond donors (Lipinski definition) is 2. The van der Waals surface area contributed by atoms with E-state index in [4.69, 9.17) is 4.98 Å². The fourth-order valence-corrected chi connectivity index (χ4v) is 5.19. The number of benzene rings is 1. The Hall–Kier alpha value is -4.01. The minimum absolute atomic E-state index is 0.290. The van der Waals surface area contributed by atoms with E-state index >= 15 is 0 Å². The molecule has 1 aromatic carbocycles. The second-order valence-electron chi connectivity index (χ2n) is 10.1. The molecule has 0 saturated carbocycles. The Labute approximate surface area is 222 Å². The van der Waals surface area contributed by atoms with Crippen molar-refractivity contribution in [1.29, 1.82) is 0 Å². The van der Waals surface area contributed by atoms with Crippen molar-refractivity contribution in [3.63, 3.8) is 0 Å². The van der Waals surface area contributed by atoms with Crippen LogP contribution in [0.3, 0.4) is 0 Å². The molecule has 1 aliphatic rings. The molecule has 0 unspecified atom stereocenters. The van der Waals surface area contributed by atoms with E-state index in [9.17, 15) is 5.11 Å². The number of aliphatic hydroxyl groups excluding tert-OH is 1. The maximum atomic E-state index is 9.64. The Kier molecular flexibility index (Phi) is 6.90. The van der Waals surface area contributed by atoms with Crippen LogP contribution in [0.25, 0.3) is 33.3 Å². The molecular weight excluding hydrogens is 474 g/mol. The molecule has 38 heavy (non-hydrogen) atoms. The standard InChI is InChI=1S/C30H33N7O/c1-22(38)20-35-11-13-36(14-12-35)29-8-7-24(16-31-29)25-15-27-28(19-33-30(27)32-17-25)26-18-34-37(21-26)10-9-23-5-3-2-4-6-23/h2-8,15-19,21-22,38H,9-14,20H2,1H3,(H,32,33)/t22-/m0/s1. The molecule has 4 aromatic heterocycles. The number of nitrogens with zero attached hydrogens (tertiary/aromatic N) is 6. The van der Waals surface area contributed by atoms with E-state index in [0.717, 1.165) is 84.8 Å². The van der Waals surface area contributed by atoms with E-state index in [1.807, 2.05) is 42.5 Å². The second kappa shape index (κ2) is 10.8. The summed E-state index contributed by atoms with van der Waals surface area (Å²) in [5, 5.41) is 15.3. The van der Waals surface area contributed by atoms with Crippen molar-refractivity contribution >= 4 is 16.9 Å². The first kappa shape index (κ1) is 24.3. The van der Waals surface area contributed by atoms with Crippen molar-refractivity contribution < 1.29 is 5.11 Å². The summed E-state index contributed by atoms with van der Waals surface area (Å²) >= 11 is 0. The van der Waals surface area contributed by atoms with Crippen molar-refractivity contribution in [1.82, 2.24) is 29.6 Å². The third-order valence-electron chi connectivity index (χ3n) is 7.25. The lowest BCUT2D eigenvalue weighted by Crippen LogP contribution is -2.48. The molecule has 8 heteroatoms. The predicted octanol–water partition coefficient (Wildman–Crippen LogP) is 4.23. The summed E-state index contributed by atoms with van der Waals surface area (Å²) in [6.45, 7) is 7.11. The summed E-state index contributed by atoms with van der Waals surface area (Å²) in [6, 6.07) is 16.9. The van der Waals surface area contributed by atoms with E-state index < -0.39 is 0 Å². The van der Waals surface area contributed by atoms with Gasteiger partial charge in [0.1, 0.15) is 11.5 Å². The molecule has 5 aromatic rings. The summed E-state index contributed by atoms with van der Waals surface area (Å²) in [5.41, 5.74) is 6.42. The van der Waals surface area contributed by atoms with Gasteiger partial charge < -0.3 is 15.0 Å². The van der Waals surface area contributed by atoms with Gasteiger partial charge in [-0.25, -0.2) is 9.97 Å². The number of H-pyrrole nitrogens is 1. The predicted molar refractivity (Wildman–Crippen MR) is 151 cm³/mol. The summed E-state index contributed by atoms with van der Waals surface area (Å²) in [7, 11) is 0. The summed E-state index contributed by atoms with van der Waals surface area (Å²) in [6.07, 6.45) is 10.5. The normalized spacial score (nSPS) is 15.3. The third-order valence-corrected chi connectivity index (χ3v) is 7.25. The lowest BCUT2D eigenvalue weighted by molar-refractivity contribution is 0.122. The summed E-state index contributed by atoms with van der Waals surface area (Å²) in [5.74, 6) is 0.990. The maximum Gasteiger partial charge on any atom is 0.137 e. The minimum atomic E-state index is -0.290. The Morgan fingerprint density at radius 3 is 2.50 bits per heavy atom. The lowest BCUT2D eigenvalue weighted by Gasteiger charge is -2.35. The molecule has 0 bridgehead atoms. The number of pyridine rings is 2. The van der Waals surface area contributed by atoms with Gasteiger partial charge in [0.25, 0.3) is 0 Å². The van der Waals surface area contributed by atoms with Crippen molar-refractivity contribution in [2.24, 2.45) is 0 Å². The minimum Gasteiger partial charge on any atom is -0.392 e. The Bertz CT molecular complexity index is 1480. The van der Waals surface area contributed by atoms with Gasteiger partial charge in [0.05, 0.1) is 12.3 Å².